The van der Waals surface area contributed by atoms with E-state index in [9.17, 15) is 0 Å². The van der Waals surface area contributed by atoms with Crippen LogP contribution >= 0.6 is 17.0 Å². The molecule has 9 atom stereocenters. The summed E-state index contributed by atoms with van der Waals surface area (Å²) in [7, 11) is 8.63. The van der Waals surface area contributed by atoms with Crippen molar-refractivity contribution in [1.82, 2.24) is 0 Å². The molecule has 3 saturated carbocycles. The second kappa shape index (κ2) is 20.4. The predicted octanol–water partition coefficient (Wildman–Crippen LogP) is 17.4. The first-order valence-electron chi connectivity index (χ1n) is 22.8. The Morgan fingerprint density at radius 3 is 2.00 bits per heavy atom. The number of rotatable bonds is 8. The quantitative estimate of drug-likeness (QED) is 0.156. The summed E-state index contributed by atoms with van der Waals surface area (Å²) in [6.07, 6.45) is 21.3. The van der Waals surface area contributed by atoms with Gasteiger partial charge in [0.15, 0.2) is 0 Å². The van der Waals surface area contributed by atoms with Crippen LogP contribution in [0.25, 0.3) is 22.3 Å². The van der Waals surface area contributed by atoms with Gasteiger partial charge in [-0.1, -0.05) is 172 Å². The Hall–Kier alpha value is -1.70. The second-order valence-electron chi connectivity index (χ2n) is 20.9. The van der Waals surface area contributed by atoms with E-state index < -0.39 is 29.6 Å². The summed E-state index contributed by atoms with van der Waals surface area (Å²) >= 11 is -0.826. The van der Waals surface area contributed by atoms with E-state index in [0.29, 0.717) is 23.7 Å². The molecule has 5 aliphatic carbocycles. The Morgan fingerprint density at radius 2 is 1.38 bits per heavy atom. The molecule has 5 aliphatic rings. The third-order valence-electron chi connectivity index (χ3n) is 15.4. The SMILES string of the molecule is CCCCC1CC2C(c3ccccc3-c3ccccc3)=CC=CC2C1[SiH](C)C1C(C)CC2C(c3cc(C(C)(C)C)c(C)c(C(C)(C)C)c3)=C3CCCC3=CC21.[CH3-].[CH3-].[Cl][Zr+2][Cl]. The minimum atomic E-state index is -1.23. The van der Waals surface area contributed by atoms with Crippen LogP contribution in [-0.2, 0) is 31.7 Å². The van der Waals surface area contributed by atoms with E-state index in [1.54, 1.807) is 39.0 Å². The van der Waals surface area contributed by atoms with E-state index in [1.165, 1.54) is 73.6 Å². The van der Waals surface area contributed by atoms with Gasteiger partial charge < -0.3 is 14.9 Å². The molecule has 60 heavy (non-hydrogen) atoms. The summed E-state index contributed by atoms with van der Waals surface area (Å²) in [4.78, 5) is 0. The molecular weight excluding hydrogens is 863 g/mol. The molecule has 0 radical (unpaired) electrons. The van der Waals surface area contributed by atoms with Crippen molar-refractivity contribution in [3.05, 3.63) is 145 Å². The third kappa shape index (κ3) is 9.69. The zero-order valence-electron chi connectivity index (χ0n) is 39.3. The maximum atomic E-state index is 4.93. The van der Waals surface area contributed by atoms with Crippen LogP contribution in [0.1, 0.15) is 135 Å². The fraction of sp³-hybridized carbons (Fsp3) is 0.500. The number of benzene rings is 3. The summed E-state index contributed by atoms with van der Waals surface area (Å²) in [5.74, 6) is 4.29. The molecule has 0 saturated heterocycles. The van der Waals surface area contributed by atoms with Crippen LogP contribution in [0.3, 0.4) is 0 Å². The van der Waals surface area contributed by atoms with Crippen molar-refractivity contribution in [2.45, 2.75) is 142 Å². The number of hydrogen-bond donors (Lipinski definition) is 0. The van der Waals surface area contributed by atoms with Gasteiger partial charge in [0.2, 0.25) is 0 Å². The van der Waals surface area contributed by atoms with Crippen molar-refractivity contribution in [3.8, 4) is 11.1 Å². The van der Waals surface area contributed by atoms with Gasteiger partial charge in [0.1, 0.15) is 0 Å². The van der Waals surface area contributed by atoms with E-state index in [2.05, 4.69) is 160 Å². The van der Waals surface area contributed by atoms with Gasteiger partial charge in [-0.15, -0.1) is 0 Å². The Morgan fingerprint density at radius 1 is 0.767 bits per heavy atom. The van der Waals surface area contributed by atoms with Crippen molar-refractivity contribution in [3.63, 3.8) is 0 Å². The summed E-state index contributed by atoms with van der Waals surface area (Å²) < 4.78 is 0. The fourth-order valence-corrected chi connectivity index (χ4v) is 18.3. The van der Waals surface area contributed by atoms with E-state index in [0.717, 1.165) is 22.9 Å². The van der Waals surface area contributed by atoms with Crippen molar-refractivity contribution >= 4 is 37.0 Å². The van der Waals surface area contributed by atoms with Crippen LogP contribution in [0.2, 0.25) is 17.6 Å². The van der Waals surface area contributed by atoms with E-state index in [4.69, 9.17) is 17.0 Å². The van der Waals surface area contributed by atoms with E-state index >= 15 is 0 Å². The van der Waals surface area contributed by atoms with Crippen molar-refractivity contribution in [1.29, 1.82) is 0 Å². The molecule has 0 heterocycles. The average molecular weight is 939 g/mol. The standard InChI is InChI=1S/C54H70Si.2CH3.2ClH.Zr/c1-11-12-20-38-31-45-43(42-25-17-16-24-40(42)36-21-14-13-15-22-36)27-19-28-44(45)52(38)55(10)51-34(2)29-46-47(51)30-37-23-18-26-41(37)50(46)39-32-48(53(4,5)6)35(3)49(33-39)54(7,8)9;;;;;/h13-17,19,21-22,24-25,27-28,30,32-34,38,44-47,51-52,55H,11-12,18,20,23,26,29,31H2,1-10H3;2*1H3;2*1H;/q;2*-1;;;+4/p-2. The molecule has 9 unspecified atom stereocenters. The first-order chi connectivity index (χ1) is 27.7. The molecule has 3 aromatic rings. The maximum absolute atomic E-state index is 4.93. The van der Waals surface area contributed by atoms with Crippen LogP contribution in [0.15, 0.2) is 102 Å². The number of unbranched alkanes of at least 4 members (excludes halogenated alkanes) is 1. The van der Waals surface area contributed by atoms with Gasteiger partial charge in [-0.25, -0.2) is 0 Å². The zero-order valence-corrected chi connectivity index (χ0v) is 44.4. The molecule has 322 valence electrons. The average Bonchev–Trinajstić information content (AvgIpc) is 3.90. The number of allylic oxidation sites excluding steroid dienone is 8. The van der Waals surface area contributed by atoms with Crippen LogP contribution < -0.4 is 0 Å². The number of fused-ring (bicyclic) bond motifs is 3. The van der Waals surface area contributed by atoms with Gasteiger partial charge >= 0.3 is 37.9 Å². The minimum absolute atomic E-state index is 0. The van der Waals surface area contributed by atoms with Gasteiger partial charge in [0.05, 0.1) is 0 Å². The third-order valence-corrected chi connectivity index (χ3v) is 19.9. The number of hydrogen-bond acceptors (Lipinski definition) is 0. The van der Waals surface area contributed by atoms with Crippen molar-refractivity contribution in [2.24, 2.45) is 35.5 Å². The Bertz CT molecular complexity index is 2020. The number of halogens is 2. The van der Waals surface area contributed by atoms with E-state index in [1.807, 2.05) is 0 Å². The molecule has 8 rings (SSSR count). The molecule has 3 fully saturated rings. The topological polar surface area (TPSA) is 0 Å². The summed E-state index contributed by atoms with van der Waals surface area (Å²) in [6.45, 7) is 24.9. The first-order valence-corrected chi connectivity index (χ1v) is 31.6. The molecule has 4 heteroatoms. The zero-order chi connectivity index (χ0) is 41.5. The normalized spacial score (nSPS) is 27.2. The summed E-state index contributed by atoms with van der Waals surface area (Å²) in [5.41, 5.74) is 19.2. The van der Waals surface area contributed by atoms with E-state index in [-0.39, 0.29) is 25.7 Å². The van der Waals surface area contributed by atoms with Crippen molar-refractivity contribution < 1.29 is 20.8 Å². The van der Waals surface area contributed by atoms with Crippen LogP contribution in [0.5, 0.6) is 0 Å². The monoisotopic (exact) mass is 936 g/mol. The Labute approximate surface area is 388 Å². The molecular formula is C56H76Cl2SiZr. The molecule has 3 aromatic carbocycles. The van der Waals surface area contributed by atoms with Crippen molar-refractivity contribution in [2.75, 3.05) is 0 Å². The van der Waals surface area contributed by atoms with Gasteiger partial charge in [0.25, 0.3) is 0 Å². The Balaban J connectivity index is 0.00000133. The summed E-state index contributed by atoms with van der Waals surface area (Å²) in [5, 5.41) is 0. The van der Waals surface area contributed by atoms with Gasteiger partial charge in [-0.3, -0.25) is 0 Å². The van der Waals surface area contributed by atoms with Gasteiger partial charge in [0, 0.05) is 8.80 Å². The molecule has 0 bridgehead atoms. The molecule has 0 spiro atoms. The molecule has 0 aliphatic heterocycles. The van der Waals surface area contributed by atoms with Crippen LogP contribution in [0.4, 0.5) is 0 Å². The van der Waals surface area contributed by atoms with Crippen LogP contribution in [0, 0.1) is 57.3 Å². The van der Waals surface area contributed by atoms with Crippen LogP contribution in [-0.4, -0.2) is 8.80 Å². The first kappa shape index (κ1) is 49.3. The molecule has 0 aromatic heterocycles. The molecule has 0 amide bonds. The second-order valence-corrected chi connectivity index (χ2v) is 27.8. The molecule has 0 nitrogen and oxygen atoms in total. The predicted molar refractivity (Wildman–Crippen MR) is 267 cm³/mol. The molecule has 0 N–H and O–H groups in total. The fourth-order valence-electron chi connectivity index (χ4n) is 13.2. The summed E-state index contributed by atoms with van der Waals surface area (Å²) in [6, 6.07) is 25.8. The van der Waals surface area contributed by atoms with Gasteiger partial charge in [-0.2, -0.15) is 0 Å². The van der Waals surface area contributed by atoms with Gasteiger partial charge in [-0.05, 0) is 158 Å². The Kier molecular flexibility index (Phi) is 16.8.